The maximum Gasteiger partial charge on any atom is 0.150 e. The number of rotatable bonds is 4. The molecule has 0 amide bonds. The van der Waals surface area contributed by atoms with Crippen LogP contribution in [0.3, 0.4) is 0 Å². The number of hydrogen-bond acceptors (Lipinski definition) is 2. The second kappa shape index (κ2) is 4.87. The molecule has 70 valence electrons. The average Bonchev–Trinajstić information content (AvgIpc) is 2.15. The number of ether oxygens (including phenoxy) is 1. The van der Waals surface area contributed by atoms with Gasteiger partial charge in [-0.3, -0.25) is 4.79 Å². The van der Waals surface area contributed by atoms with E-state index < -0.39 is 0 Å². The van der Waals surface area contributed by atoms with Crippen LogP contribution in [-0.4, -0.2) is 18.3 Å². The van der Waals surface area contributed by atoms with Crippen LogP contribution in [0.4, 0.5) is 0 Å². The van der Waals surface area contributed by atoms with Crippen molar-refractivity contribution < 1.29 is 9.53 Å². The van der Waals surface area contributed by atoms with Crippen LogP contribution in [0.15, 0.2) is 24.3 Å². The Balaban J connectivity index is 2.54. The summed E-state index contributed by atoms with van der Waals surface area (Å²) in [5.74, 6) is 0.734. The van der Waals surface area contributed by atoms with Crippen molar-refractivity contribution in [1.82, 2.24) is 0 Å². The summed E-state index contributed by atoms with van der Waals surface area (Å²) in [6.07, 6.45) is 0.800. The summed E-state index contributed by atoms with van der Waals surface area (Å²) in [4.78, 5) is 10.3. The highest BCUT2D eigenvalue weighted by Crippen LogP contribution is 2.11. The van der Waals surface area contributed by atoms with Gasteiger partial charge in [0.2, 0.25) is 0 Å². The topological polar surface area (TPSA) is 26.3 Å². The molecule has 0 aromatic heterocycles. The summed E-state index contributed by atoms with van der Waals surface area (Å²) in [6.45, 7) is 2.34. The minimum Gasteiger partial charge on any atom is -0.492 e. The van der Waals surface area contributed by atoms with E-state index in [1.807, 2.05) is 6.92 Å². The Morgan fingerprint density at radius 1 is 1.46 bits per heavy atom. The van der Waals surface area contributed by atoms with Crippen LogP contribution in [-0.2, 0) is 0 Å². The fraction of sp³-hybridized carbons (Fsp3) is 0.300. The zero-order chi connectivity index (χ0) is 9.68. The molecular weight excluding hydrogens is 188 g/mol. The van der Waals surface area contributed by atoms with Crippen LogP contribution >= 0.6 is 11.6 Å². The largest absolute Gasteiger partial charge is 0.492 e. The predicted molar refractivity (Wildman–Crippen MR) is 52.6 cm³/mol. The molecule has 1 unspecified atom stereocenters. The van der Waals surface area contributed by atoms with E-state index in [1.165, 1.54) is 0 Å². The first-order chi connectivity index (χ1) is 6.22. The monoisotopic (exact) mass is 198 g/mol. The number of hydrogen-bond donors (Lipinski definition) is 0. The molecule has 0 saturated carbocycles. The van der Waals surface area contributed by atoms with Gasteiger partial charge in [0.25, 0.3) is 0 Å². The Bertz CT molecular complexity index is 267. The zero-order valence-electron chi connectivity index (χ0n) is 7.37. The van der Waals surface area contributed by atoms with Gasteiger partial charge in [0.1, 0.15) is 18.6 Å². The lowest BCUT2D eigenvalue weighted by Crippen LogP contribution is -2.07. The van der Waals surface area contributed by atoms with Gasteiger partial charge >= 0.3 is 0 Å². The van der Waals surface area contributed by atoms with Gasteiger partial charge in [-0.1, -0.05) is 0 Å². The van der Waals surface area contributed by atoms with Gasteiger partial charge in [-0.15, -0.1) is 11.6 Å². The third-order valence-corrected chi connectivity index (χ3v) is 1.62. The van der Waals surface area contributed by atoms with Crippen molar-refractivity contribution >= 4 is 17.9 Å². The van der Waals surface area contributed by atoms with Gasteiger partial charge in [-0.25, -0.2) is 0 Å². The van der Waals surface area contributed by atoms with Crippen molar-refractivity contribution in [2.45, 2.75) is 12.3 Å². The van der Waals surface area contributed by atoms with E-state index >= 15 is 0 Å². The highest BCUT2D eigenvalue weighted by atomic mass is 35.5. The van der Waals surface area contributed by atoms with Crippen molar-refractivity contribution in [2.24, 2.45) is 0 Å². The van der Waals surface area contributed by atoms with E-state index in [9.17, 15) is 4.79 Å². The van der Waals surface area contributed by atoms with Gasteiger partial charge in [-0.2, -0.15) is 0 Å². The van der Waals surface area contributed by atoms with Gasteiger partial charge in [0.05, 0.1) is 5.38 Å². The maximum atomic E-state index is 10.3. The highest BCUT2D eigenvalue weighted by molar-refractivity contribution is 6.20. The fourth-order valence-corrected chi connectivity index (χ4v) is 0.917. The SMILES string of the molecule is CC(Cl)COc1ccc(C=O)cc1. The molecule has 0 bridgehead atoms. The number of halogens is 1. The van der Waals surface area contributed by atoms with Crippen LogP contribution in [0.2, 0.25) is 0 Å². The molecule has 0 aliphatic carbocycles. The van der Waals surface area contributed by atoms with Crippen LogP contribution in [0.25, 0.3) is 0 Å². The summed E-state index contributed by atoms with van der Waals surface area (Å²) < 4.78 is 5.32. The third-order valence-electron chi connectivity index (χ3n) is 1.50. The van der Waals surface area contributed by atoms with E-state index in [-0.39, 0.29) is 5.38 Å². The second-order valence-corrected chi connectivity index (χ2v) is 3.52. The lowest BCUT2D eigenvalue weighted by Gasteiger charge is -2.06. The van der Waals surface area contributed by atoms with Crippen LogP contribution in [0.5, 0.6) is 5.75 Å². The predicted octanol–water partition coefficient (Wildman–Crippen LogP) is 2.51. The summed E-state index contributed by atoms with van der Waals surface area (Å²) in [5.41, 5.74) is 0.645. The minimum atomic E-state index is -0.00857. The third kappa shape index (κ3) is 3.47. The van der Waals surface area contributed by atoms with Crippen LogP contribution in [0, 0.1) is 0 Å². The zero-order valence-corrected chi connectivity index (χ0v) is 8.12. The quantitative estimate of drug-likeness (QED) is 0.549. The first-order valence-electron chi connectivity index (χ1n) is 4.04. The summed E-state index contributed by atoms with van der Waals surface area (Å²) >= 11 is 5.71. The van der Waals surface area contributed by atoms with Gasteiger partial charge in [-0.05, 0) is 31.2 Å². The van der Waals surface area contributed by atoms with E-state index in [0.717, 1.165) is 12.0 Å². The number of alkyl halides is 1. The Labute approximate surface area is 82.5 Å². The molecule has 2 nitrogen and oxygen atoms in total. The van der Waals surface area contributed by atoms with Crippen LogP contribution < -0.4 is 4.74 Å². The van der Waals surface area contributed by atoms with Crippen molar-refractivity contribution in [2.75, 3.05) is 6.61 Å². The van der Waals surface area contributed by atoms with E-state index in [2.05, 4.69) is 0 Å². The molecule has 0 N–H and O–H groups in total. The molecule has 13 heavy (non-hydrogen) atoms. The van der Waals surface area contributed by atoms with Crippen LogP contribution in [0.1, 0.15) is 17.3 Å². The molecular formula is C10H11ClO2. The standard InChI is InChI=1S/C10H11ClO2/c1-8(11)7-13-10-4-2-9(6-12)3-5-10/h2-6,8H,7H2,1H3. The maximum absolute atomic E-state index is 10.3. The Kier molecular flexibility index (Phi) is 3.77. The smallest absolute Gasteiger partial charge is 0.150 e. The van der Waals surface area contributed by atoms with Crippen molar-refractivity contribution in [3.8, 4) is 5.75 Å². The van der Waals surface area contributed by atoms with Gasteiger partial charge < -0.3 is 4.74 Å². The van der Waals surface area contributed by atoms with E-state index in [0.29, 0.717) is 12.2 Å². The summed E-state index contributed by atoms with van der Waals surface area (Å²) in [5, 5.41) is -0.00857. The Hall–Kier alpha value is -1.02. The lowest BCUT2D eigenvalue weighted by molar-refractivity contribution is 0.112. The number of carbonyl (C=O) groups is 1. The van der Waals surface area contributed by atoms with Gasteiger partial charge in [0, 0.05) is 5.56 Å². The Morgan fingerprint density at radius 3 is 2.54 bits per heavy atom. The molecule has 0 heterocycles. The molecule has 0 spiro atoms. The van der Waals surface area contributed by atoms with Crippen molar-refractivity contribution in [3.63, 3.8) is 0 Å². The van der Waals surface area contributed by atoms with Gasteiger partial charge in [0.15, 0.2) is 0 Å². The molecule has 0 saturated heterocycles. The van der Waals surface area contributed by atoms with E-state index in [4.69, 9.17) is 16.3 Å². The molecule has 1 aromatic rings. The first kappa shape index (κ1) is 10.1. The summed E-state index contributed by atoms with van der Waals surface area (Å²) in [7, 11) is 0. The molecule has 0 radical (unpaired) electrons. The molecule has 1 atom stereocenters. The lowest BCUT2D eigenvalue weighted by atomic mass is 10.2. The number of aldehydes is 1. The second-order valence-electron chi connectivity index (χ2n) is 2.78. The fourth-order valence-electron chi connectivity index (χ4n) is 0.854. The molecule has 0 aliphatic rings. The molecule has 1 aromatic carbocycles. The van der Waals surface area contributed by atoms with E-state index in [1.54, 1.807) is 24.3 Å². The highest BCUT2D eigenvalue weighted by Gasteiger charge is 1.98. The molecule has 0 aliphatic heterocycles. The minimum absolute atomic E-state index is 0.00857. The normalized spacial score (nSPS) is 12.2. The number of benzene rings is 1. The summed E-state index contributed by atoms with van der Waals surface area (Å²) in [6, 6.07) is 6.93. The number of carbonyl (C=O) groups excluding carboxylic acids is 1. The average molecular weight is 199 g/mol. The van der Waals surface area contributed by atoms with Crippen molar-refractivity contribution in [3.05, 3.63) is 29.8 Å². The first-order valence-corrected chi connectivity index (χ1v) is 4.48. The molecule has 1 rings (SSSR count). The Morgan fingerprint density at radius 2 is 2.08 bits per heavy atom. The molecule has 0 fully saturated rings. The molecule has 3 heteroatoms. The van der Waals surface area contributed by atoms with Crippen molar-refractivity contribution in [1.29, 1.82) is 0 Å².